The van der Waals surface area contributed by atoms with Crippen molar-refractivity contribution in [2.24, 2.45) is 0 Å². The summed E-state index contributed by atoms with van der Waals surface area (Å²) in [5, 5.41) is 3.92. The second-order valence-electron chi connectivity index (χ2n) is 4.83. The van der Waals surface area contributed by atoms with Crippen molar-refractivity contribution in [3.63, 3.8) is 0 Å². The highest BCUT2D eigenvalue weighted by atomic mass is 15.1. The van der Waals surface area contributed by atoms with Crippen LogP contribution in [0, 0.1) is 0 Å². The van der Waals surface area contributed by atoms with E-state index >= 15 is 0 Å². The maximum atomic E-state index is 4.55. The van der Waals surface area contributed by atoms with Crippen molar-refractivity contribution in [3.05, 3.63) is 54.5 Å². The summed E-state index contributed by atoms with van der Waals surface area (Å²) in [7, 11) is 0. The van der Waals surface area contributed by atoms with Crippen LogP contribution >= 0.6 is 0 Å². The molecule has 0 radical (unpaired) electrons. The highest BCUT2D eigenvalue weighted by Gasteiger charge is 2.26. The van der Waals surface area contributed by atoms with E-state index in [-0.39, 0.29) is 0 Å². The zero-order valence-corrected chi connectivity index (χ0v) is 9.67. The van der Waals surface area contributed by atoms with E-state index in [1.54, 1.807) is 0 Å². The van der Waals surface area contributed by atoms with Gasteiger partial charge in [-0.1, -0.05) is 18.2 Å². The van der Waals surface area contributed by atoms with Gasteiger partial charge in [-0.2, -0.15) is 4.40 Å². The number of nitrogens with zero attached hydrogens (tertiary/aromatic N) is 3. The van der Waals surface area contributed by atoms with Gasteiger partial charge in [0, 0.05) is 17.1 Å². The Bertz CT molecular complexity index is 950. The molecule has 3 aromatic heterocycles. The Morgan fingerprint density at radius 2 is 2.06 bits per heavy atom. The molecule has 0 spiro atoms. The summed E-state index contributed by atoms with van der Waals surface area (Å²) in [6.07, 6.45) is 6.11. The highest BCUT2D eigenvalue weighted by Crippen LogP contribution is 2.32. The van der Waals surface area contributed by atoms with Crippen LogP contribution in [0.1, 0.15) is 5.56 Å². The number of hydrogen-bond acceptors (Lipinski definition) is 1. The molecule has 0 saturated carbocycles. The van der Waals surface area contributed by atoms with Crippen molar-refractivity contribution in [3.8, 4) is 0 Å². The predicted molar refractivity (Wildman–Crippen MR) is 69.5 cm³/mol. The van der Waals surface area contributed by atoms with E-state index in [0.717, 1.165) is 12.2 Å². The molecule has 0 aliphatic carbocycles. The Labute approximate surface area is 103 Å². The van der Waals surface area contributed by atoms with E-state index in [4.69, 9.17) is 0 Å². The van der Waals surface area contributed by atoms with Crippen molar-refractivity contribution in [1.29, 1.82) is 0 Å². The Kier molecular flexibility index (Phi) is 1.29. The zero-order valence-electron chi connectivity index (χ0n) is 9.67. The van der Waals surface area contributed by atoms with Gasteiger partial charge in [-0.15, -0.1) is 0 Å². The minimum absolute atomic E-state index is 0.972. The molecule has 0 saturated heterocycles. The molecule has 1 aromatic carbocycles. The topological polar surface area (TPSA) is 21.2 Å². The zero-order chi connectivity index (χ0) is 11.7. The molecule has 3 heteroatoms. The second-order valence-corrected chi connectivity index (χ2v) is 4.83. The molecule has 1 aliphatic rings. The molecule has 5 rings (SSSR count). The van der Waals surface area contributed by atoms with Crippen molar-refractivity contribution in [2.45, 2.75) is 6.54 Å². The molecule has 1 aliphatic heterocycles. The molecule has 4 aromatic rings. The van der Waals surface area contributed by atoms with E-state index in [1.165, 1.54) is 27.4 Å². The Hall–Kier alpha value is -2.42. The van der Waals surface area contributed by atoms with Gasteiger partial charge < -0.3 is 0 Å². The van der Waals surface area contributed by atoms with Crippen molar-refractivity contribution in [1.82, 2.24) is 9.38 Å². The van der Waals surface area contributed by atoms with Crippen LogP contribution in [0.3, 0.4) is 0 Å². The molecule has 4 heterocycles. The van der Waals surface area contributed by atoms with Crippen molar-refractivity contribution < 1.29 is 4.57 Å². The smallest absolute Gasteiger partial charge is 0.225 e. The first-order valence-electron chi connectivity index (χ1n) is 6.12. The molecule has 0 N–H and O–H groups in total. The molecular weight excluding hydrogens is 222 g/mol. The highest BCUT2D eigenvalue weighted by molar-refractivity contribution is 6.11. The average molecular weight is 232 g/mol. The molecule has 84 valence electrons. The second kappa shape index (κ2) is 2.70. The van der Waals surface area contributed by atoms with E-state index in [2.05, 4.69) is 50.6 Å². The minimum Gasteiger partial charge on any atom is -0.225 e. The fourth-order valence-electron chi connectivity index (χ4n) is 3.19. The lowest BCUT2D eigenvalue weighted by Gasteiger charge is -2.01. The van der Waals surface area contributed by atoms with Gasteiger partial charge >= 0.3 is 0 Å². The number of pyridine rings is 2. The van der Waals surface area contributed by atoms with Crippen LogP contribution < -0.4 is 4.57 Å². The van der Waals surface area contributed by atoms with E-state index in [1.807, 2.05) is 12.3 Å². The van der Waals surface area contributed by atoms with Crippen LogP contribution in [-0.4, -0.2) is 9.38 Å². The Morgan fingerprint density at radius 1 is 1.11 bits per heavy atom. The quantitative estimate of drug-likeness (QED) is 0.296. The lowest BCUT2D eigenvalue weighted by Crippen LogP contribution is -2.28. The summed E-state index contributed by atoms with van der Waals surface area (Å²) in [5.74, 6) is 0. The standard InChI is InChI=1S/C15H10N3/c1-3-10-9-17-7-8-18-14-12(5-2-6-16-14)11(4-1)13(10)15(17)18/h1-8H,9H2/q+1. The first-order chi connectivity index (χ1) is 8.93. The van der Waals surface area contributed by atoms with Crippen LogP contribution in [-0.2, 0) is 6.54 Å². The third-order valence-electron chi connectivity index (χ3n) is 3.92. The third-order valence-corrected chi connectivity index (χ3v) is 3.92. The van der Waals surface area contributed by atoms with E-state index in [0.29, 0.717) is 0 Å². The summed E-state index contributed by atoms with van der Waals surface area (Å²) < 4.78 is 4.50. The maximum absolute atomic E-state index is 4.55. The van der Waals surface area contributed by atoms with E-state index in [9.17, 15) is 0 Å². The lowest BCUT2D eigenvalue weighted by atomic mass is 10.0. The van der Waals surface area contributed by atoms with Gasteiger partial charge in [0.15, 0.2) is 0 Å². The number of fused-ring (bicyclic) bond motifs is 3. The fraction of sp³-hybridized carbons (Fsp3) is 0.0667. The van der Waals surface area contributed by atoms with Crippen LogP contribution in [0.2, 0.25) is 0 Å². The lowest BCUT2D eigenvalue weighted by molar-refractivity contribution is -0.657. The van der Waals surface area contributed by atoms with Gasteiger partial charge in [0.2, 0.25) is 5.65 Å². The summed E-state index contributed by atoms with van der Waals surface area (Å²) in [5.41, 5.74) is 3.72. The number of hydrogen-bond donors (Lipinski definition) is 0. The average Bonchev–Trinajstić information content (AvgIpc) is 2.97. The van der Waals surface area contributed by atoms with Crippen molar-refractivity contribution >= 4 is 27.5 Å². The normalized spacial score (nSPS) is 13.3. The molecule has 3 nitrogen and oxygen atoms in total. The number of benzene rings is 1. The Morgan fingerprint density at radius 3 is 3.06 bits per heavy atom. The van der Waals surface area contributed by atoms with Crippen molar-refractivity contribution in [2.75, 3.05) is 0 Å². The molecule has 0 atom stereocenters. The molecule has 18 heavy (non-hydrogen) atoms. The van der Waals surface area contributed by atoms with Crippen LogP contribution in [0.25, 0.3) is 27.5 Å². The van der Waals surface area contributed by atoms with Gasteiger partial charge in [0.05, 0.1) is 10.8 Å². The van der Waals surface area contributed by atoms with E-state index < -0.39 is 0 Å². The molecular formula is C15H10N3+. The molecule has 0 unspecified atom stereocenters. The number of aromatic nitrogens is 3. The van der Waals surface area contributed by atoms with Gasteiger partial charge in [-0.25, -0.2) is 9.55 Å². The van der Waals surface area contributed by atoms with Crippen LogP contribution in [0.4, 0.5) is 0 Å². The molecule has 0 amide bonds. The maximum Gasteiger partial charge on any atom is 0.296 e. The third kappa shape index (κ3) is 0.808. The number of rotatable bonds is 0. The Balaban J connectivity index is 2.30. The monoisotopic (exact) mass is 232 g/mol. The van der Waals surface area contributed by atoms with Gasteiger partial charge in [0.1, 0.15) is 18.9 Å². The first-order valence-corrected chi connectivity index (χ1v) is 6.12. The van der Waals surface area contributed by atoms with Crippen LogP contribution in [0.5, 0.6) is 0 Å². The largest absolute Gasteiger partial charge is 0.296 e. The summed E-state index contributed by atoms with van der Waals surface area (Å²) >= 11 is 0. The summed E-state index contributed by atoms with van der Waals surface area (Å²) in [6, 6.07) is 10.7. The molecule has 0 bridgehead atoms. The summed E-state index contributed by atoms with van der Waals surface area (Å²) in [4.78, 5) is 4.55. The minimum atomic E-state index is 0.972. The van der Waals surface area contributed by atoms with Gasteiger partial charge in [-0.05, 0) is 12.1 Å². The first kappa shape index (κ1) is 8.64. The molecule has 0 fully saturated rings. The van der Waals surface area contributed by atoms with Crippen LogP contribution in [0.15, 0.2) is 48.9 Å². The SMILES string of the molecule is c1cc2c3c(c1)c1cccnc1n1cc[n+](c31)C2. The fourth-order valence-corrected chi connectivity index (χ4v) is 3.19. The van der Waals surface area contributed by atoms with Gasteiger partial charge in [0.25, 0.3) is 5.65 Å². The summed E-state index contributed by atoms with van der Waals surface area (Å²) in [6.45, 7) is 0.972. The predicted octanol–water partition coefficient (Wildman–Crippen LogP) is 2.29. The number of imidazole rings is 1. The van der Waals surface area contributed by atoms with Gasteiger partial charge in [-0.3, -0.25) is 0 Å².